The Morgan fingerprint density at radius 2 is 1.81 bits per heavy atom. The number of hydrogen-bond donors (Lipinski definition) is 2. The largest absolute Gasteiger partial charge is 0.507 e. The first-order chi connectivity index (χ1) is 12.6. The van der Waals surface area contributed by atoms with Gasteiger partial charge in [-0.2, -0.15) is 4.98 Å². The summed E-state index contributed by atoms with van der Waals surface area (Å²) in [6, 6.07) is 8.66. The van der Waals surface area contributed by atoms with Crippen LogP contribution in [-0.4, -0.2) is 26.3 Å². The van der Waals surface area contributed by atoms with E-state index >= 15 is 0 Å². The molecule has 0 amide bonds. The highest BCUT2D eigenvalue weighted by molar-refractivity contribution is 6.30. The van der Waals surface area contributed by atoms with Crippen LogP contribution in [0.4, 0.5) is 0 Å². The molecule has 140 valence electrons. The quantitative estimate of drug-likeness (QED) is 0.652. The zero-order valence-electron chi connectivity index (χ0n) is 15.4. The molecular weight excluding hydrogens is 368 g/mol. The van der Waals surface area contributed by atoms with Crippen molar-refractivity contribution in [3.63, 3.8) is 0 Å². The third-order valence-corrected chi connectivity index (χ3v) is 4.59. The average molecular weight is 387 g/mol. The first-order valence-corrected chi connectivity index (χ1v) is 8.67. The lowest BCUT2D eigenvalue weighted by Gasteiger charge is -2.23. The van der Waals surface area contributed by atoms with Crippen molar-refractivity contribution in [1.82, 2.24) is 10.1 Å². The first kappa shape index (κ1) is 18.9. The molecular formula is C20H19ClN2O4. The van der Waals surface area contributed by atoms with E-state index in [1.807, 2.05) is 20.8 Å². The highest BCUT2D eigenvalue weighted by atomic mass is 35.5. The van der Waals surface area contributed by atoms with E-state index in [0.29, 0.717) is 33.2 Å². The normalized spacial score (nSPS) is 11.6. The number of benzene rings is 2. The lowest BCUT2D eigenvalue weighted by Crippen LogP contribution is -2.15. The topological polar surface area (TPSA) is 96.5 Å². The molecule has 0 radical (unpaired) electrons. The van der Waals surface area contributed by atoms with Crippen LogP contribution in [0.5, 0.6) is 5.75 Å². The summed E-state index contributed by atoms with van der Waals surface area (Å²) in [5.41, 5.74) is 1.44. The van der Waals surface area contributed by atoms with Crippen molar-refractivity contribution in [1.29, 1.82) is 0 Å². The molecule has 0 bridgehead atoms. The molecule has 3 aromatic rings. The summed E-state index contributed by atoms with van der Waals surface area (Å²) in [5, 5.41) is 24.7. The van der Waals surface area contributed by atoms with Crippen LogP contribution in [0.15, 0.2) is 34.9 Å². The molecule has 0 aliphatic heterocycles. The maximum Gasteiger partial charge on any atom is 0.339 e. The monoisotopic (exact) mass is 386 g/mol. The maximum absolute atomic E-state index is 11.7. The van der Waals surface area contributed by atoms with Gasteiger partial charge in [0.05, 0.1) is 0 Å². The van der Waals surface area contributed by atoms with Crippen molar-refractivity contribution in [2.75, 3.05) is 0 Å². The molecule has 0 fully saturated rings. The van der Waals surface area contributed by atoms with Gasteiger partial charge in [-0.25, -0.2) is 4.79 Å². The number of rotatable bonds is 3. The standard InChI is InChI=1S/C20H19ClN2O4/c1-10-13(9-14(20(2,3)4)16(24)15(10)19(25)26)17-22-18(27-23-17)11-5-7-12(21)8-6-11/h5-9,24H,1-4H3,(H,25,26). The minimum atomic E-state index is -1.21. The summed E-state index contributed by atoms with van der Waals surface area (Å²) in [6.45, 7) is 7.29. The van der Waals surface area contributed by atoms with Crippen molar-refractivity contribution in [3.8, 4) is 28.6 Å². The molecule has 6 nitrogen and oxygen atoms in total. The Hall–Kier alpha value is -2.86. The van der Waals surface area contributed by atoms with Crippen molar-refractivity contribution >= 4 is 17.6 Å². The lowest BCUT2D eigenvalue weighted by molar-refractivity contribution is 0.0692. The predicted molar refractivity (Wildman–Crippen MR) is 102 cm³/mol. The molecule has 27 heavy (non-hydrogen) atoms. The zero-order chi connectivity index (χ0) is 19.9. The number of phenols is 1. The predicted octanol–water partition coefficient (Wildman–Crippen LogP) is 5.07. The number of hydrogen-bond acceptors (Lipinski definition) is 5. The van der Waals surface area contributed by atoms with Crippen LogP contribution in [0.2, 0.25) is 5.02 Å². The number of aromatic nitrogens is 2. The SMILES string of the molecule is Cc1c(-c2noc(-c3ccc(Cl)cc3)n2)cc(C(C)(C)C)c(O)c1C(=O)O. The van der Waals surface area contributed by atoms with Crippen LogP contribution in [0.25, 0.3) is 22.8 Å². The fraction of sp³-hybridized carbons (Fsp3) is 0.250. The van der Waals surface area contributed by atoms with Gasteiger partial charge in [0.25, 0.3) is 5.89 Å². The number of carboxylic acid groups (broad SMARTS) is 1. The van der Waals surface area contributed by atoms with E-state index in [-0.39, 0.29) is 17.1 Å². The molecule has 0 spiro atoms. The molecule has 0 atom stereocenters. The maximum atomic E-state index is 11.7. The number of carbonyl (C=O) groups is 1. The second-order valence-corrected chi connectivity index (χ2v) is 7.74. The molecule has 2 aromatic carbocycles. The number of aromatic hydroxyl groups is 1. The summed E-state index contributed by atoms with van der Waals surface area (Å²) < 4.78 is 5.34. The summed E-state index contributed by atoms with van der Waals surface area (Å²) in [6.07, 6.45) is 0. The van der Waals surface area contributed by atoms with Crippen LogP contribution in [0.1, 0.15) is 42.3 Å². The van der Waals surface area contributed by atoms with Gasteiger partial charge >= 0.3 is 5.97 Å². The van der Waals surface area contributed by atoms with E-state index in [1.54, 1.807) is 37.3 Å². The fourth-order valence-corrected chi connectivity index (χ4v) is 3.00. The Labute approximate surface area is 161 Å². The minimum absolute atomic E-state index is 0.157. The van der Waals surface area contributed by atoms with E-state index < -0.39 is 11.4 Å². The first-order valence-electron chi connectivity index (χ1n) is 8.30. The Bertz CT molecular complexity index is 1020. The number of halogens is 1. The third-order valence-electron chi connectivity index (χ3n) is 4.34. The Morgan fingerprint density at radius 3 is 2.37 bits per heavy atom. The second kappa shape index (κ2) is 6.70. The van der Waals surface area contributed by atoms with Gasteiger partial charge in [-0.3, -0.25) is 0 Å². The molecule has 3 rings (SSSR count). The molecule has 0 unspecified atom stereocenters. The summed E-state index contributed by atoms with van der Waals surface area (Å²) in [5.74, 6) is -0.898. The molecule has 1 heterocycles. The van der Waals surface area contributed by atoms with Gasteiger partial charge in [0.15, 0.2) is 0 Å². The van der Waals surface area contributed by atoms with Crippen molar-refractivity contribution < 1.29 is 19.5 Å². The minimum Gasteiger partial charge on any atom is -0.507 e. The summed E-state index contributed by atoms with van der Waals surface area (Å²) in [4.78, 5) is 16.1. The van der Waals surface area contributed by atoms with E-state index in [9.17, 15) is 15.0 Å². The average Bonchev–Trinajstić information content (AvgIpc) is 3.03. The molecule has 0 saturated carbocycles. The van der Waals surface area contributed by atoms with Gasteiger partial charge < -0.3 is 14.7 Å². The van der Waals surface area contributed by atoms with Gasteiger partial charge in [0.2, 0.25) is 5.82 Å². The Morgan fingerprint density at radius 1 is 1.19 bits per heavy atom. The van der Waals surface area contributed by atoms with Gasteiger partial charge in [-0.1, -0.05) is 37.5 Å². The smallest absolute Gasteiger partial charge is 0.339 e. The van der Waals surface area contributed by atoms with Crippen molar-refractivity contribution in [3.05, 3.63) is 52.0 Å². The molecule has 0 aliphatic rings. The van der Waals surface area contributed by atoms with E-state index in [2.05, 4.69) is 10.1 Å². The van der Waals surface area contributed by atoms with Crippen molar-refractivity contribution in [2.45, 2.75) is 33.1 Å². The van der Waals surface area contributed by atoms with E-state index in [1.165, 1.54) is 0 Å². The van der Waals surface area contributed by atoms with E-state index in [4.69, 9.17) is 16.1 Å². The molecule has 0 saturated heterocycles. The van der Waals surface area contributed by atoms with Gasteiger partial charge in [0.1, 0.15) is 11.3 Å². The van der Waals surface area contributed by atoms with Crippen LogP contribution >= 0.6 is 11.6 Å². The second-order valence-electron chi connectivity index (χ2n) is 7.31. The van der Waals surface area contributed by atoms with E-state index in [0.717, 1.165) is 0 Å². The van der Waals surface area contributed by atoms with Crippen LogP contribution in [0.3, 0.4) is 0 Å². The highest BCUT2D eigenvalue weighted by Gasteiger charge is 2.28. The zero-order valence-corrected chi connectivity index (χ0v) is 16.1. The Balaban J connectivity index is 2.18. The van der Waals surface area contributed by atoms with Gasteiger partial charge in [-0.05, 0) is 48.2 Å². The number of aromatic carboxylic acids is 1. The molecule has 7 heteroatoms. The third kappa shape index (κ3) is 3.53. The Kier molecular flexibility index (Phi) is 4.70. The molecule has 1 aromatic heterocycles. The van der Waals surface area contributed by atoms with Gasteiger partial charge in [0, 0.05) is 21.7 Å². The van der Waals surface area contributed by atoms with Crippen LogP contribution in [0, 0.1) is 6.92 Å². The molecule has 0 aliphatic carbocycles. The lowest BCUT2D eigenvalue weighted by atomic mass is 9.82. The fourth-order valence-electron chi connectivity index (χ4n) is 2.88. The van der Waals surface area contributed by atoms with Crippen LogP contribution in [-0.2, 0) is 5.41 Å². The summed E-state index contributed by atoms with van der Waals surface area (Å²) >= 11 is 5.90. The van der Waals surface area contributed by atoms with Crippen molar-refractivity contribution in [2.24, 2.45) is 0 Å². The summed E-state index contributed by atoms with van der Waals surface area (Å²) in [7, 11) is 0. The van der Waals surface area contributed by atoms with Crippen LogP contribution < -0.4 is 0 Å². The molecule has 2 N–H and O–H groups in total. The highest BCUT2D eigenvalue weighted by Crippen LogP contribution is 2.39. The number of nitrogens with zero attached hydrogens (tertiary/aromatic N) is 2. The number of carboxylic acids is 1. The van der Waals surface area contributed by atoms with Gasteiger partial charge in [-0.15, -0.1) is 0 Å².